The summed E-state index contributed by atoms with van der Waals surface area (Å²) in [5.41, 5.74) is 1.33. The van der Waals surface area contributed by atoms with E-state index in [1.807, 2.05) is 30.0 Å². The average Bonchev–Trinajstić information content (AvgIpc) is 2.68. The van der Waals surface area contributed by atoms with Crippen LogP contribution in [0.25, 0.3) is 0 Å². The molecule has 1 fully saturated rings. The van der Waals surface area contributed by atoms with E-state index in [-0.39, 0.29) is 10.7 Å². The highest BCUT2D eigenvalue weighted by Gasteiger charge is 2.29. The smallest absolute Gasteiger partial charge is 0.243 e. The number of aromatic nitrogens is 2. The molecule has 9 heteroatoms. The number of nitrogens with zero attached hydrogens (tertiary/aromatic N) is 5. The van der Waals surface area contributed by atoms with Gasteiger partial charge in [0.1, 0.15) is 0 Å². The summed E-state index contributed by atoms with van der Waals surface area (Å²) < 4.78 is 27.3. The largest absolute Gasteiger partial charge is 0.376 e. The highest BCUT2D eigenvalue weighted by Crippen LogP contribution is 2.22. The van der Waals surface area contributed by atoms with Crippen LogP contribution in [0.1, 0.15) is 17.3 Å². The van der Waals surface area contributed by atoms with Crippen molar-refractivity contribution in [1.29, 1.82) is 0 Å². The Hall–Kier alpha value is -2.52. The predicted molar refractivity (Wildman–Crippen MR) is 104 cm³/mol. The zero-order valence-electron chi connectivity index (χ0n) is 15.7. The van der Waals surface area contributed by atoms with Gasteiger partial charge < -0.3 is 9.80 Å². The minimum Gasteiger partial charge on any atom is -0.376 e. The molecule has 0 unspecified atom stereocenters. The molecule has 0 saturated carbocycles. The van der Waals surface area contributed by atoms with Crippen molar-refractivity contribution in [2.24, 2.45) is 0 Å². The molecule has 0 N–H and O–H groups in total. The van der Waals surface area contributed by atoms with Crippen molar-refractivity contribution in [1.82, 2.24) is 14.5 Å². The molecule has 3 rings (SSSR count). The number of rotatable bonds is 5. The van der Waals surface area contributed by atoms with Crippen LogP contribution in [-0.2, 0) is 10.0 Å². The molecule has 2 aromatic rings. The van der Waals surface area contributed by atoms with Crippen LogP contribution in [0.4, 0.5) is 11.5 Å². The molecule has 0 aliphatic carbocycles. The summed E-state index contributed by atoms with van der Waals surface area (Å²) >= 11 is 0. The fraction of sp³-hybridized carbons (Fsp3) is 0.389. The number of benzene rings is 1. The lowest BCUT2D eigenvalue weighted by Crippen LogP contribution is -2.49. The first-order chi connectivity index (χ1) is 12.8. The minimum absolute atomic E-state index is 0.151. The Balaban J connectivity index is 1.74. The van der Waals surface area contributed by atoms with Crippen molar-refractivity contribution < 1.29 is 13.2 Å². The molecule has 1 aromatic heterocycles. The van der Waals surface area contributed by atoms with E-state index in [9.17, 15) is 13.2 Å². The van der Waals surface area contributed by atoms with E-state index in [4.69, 9.17) is 0 Å². The van der Waals surface area contributed by atoms with Crippen LogP contribution in [0.2, 0.25) is 0 Å². The Morgan fingerprint density at radius 2 is 1.81 bits per heavy atom. The molecule has 0 bridgehead atoms. The molecular formula is C18H23N5O3S. The Morgan fingerprint density at radius 3 is 2.44 bits per heavy atom. The van der Waals surface area contributed by atoms with Gasteiger partial charge in [0, 0.05) is 51.9 Å². The third-order valence-electron chi connectivity index (χ3n) is 4.58. The Kier molecular flexibility index (Phi) is 5.43. The molecule has 1 saturated heterocycles. The third-order valence-corrected chi connectivity index (χ3v) is 6.48. The molecule has 0 amide bonds. The summed E-state index contributed by atoms with van der Waals surface area (Å²) in [5, 5.41) is 8.19. The lowest BCUT2D eigenvalue weighted by molar-refractivity contribution is 0.101. The number of hydrogen-bond acceptors (Lipinski definition) is 7. The van der Waals surface area contributed by atoms with Crippen LogP contribution < -0.4 is 9.80 Å². The maximum absolute atomic E-state index is 12.9. The number of anilines is 2. The van der Waals surface area contributed by atoms with E-state index in [1.165, 1.54) is 23.4 Å². The summed E-state index contributed by atoms with van der Waals surface area (Å²) in [6, 6.07) is 8.13. The van der Waals surface area contributed by atoms with Gasteiger partial charge in [-0.25, -0.2) is 8.42 Å². The summed E-state index contributed by atoms with van der Waals surface area (Å²) in [7, 11) is 0.227. The number of carbonyl (C=O) groups is 1. The lowest BCUT2D eigenvalue weighted by Gasteiger charge is -2.34. The van der Waals surface area contributed by atoms with Crippen LogP contribution in [0.3, 0.4) is 0 Å². The van der Waals surface area contributed by atoms with E-state index in [0.717, 1.165) is 11.5 Å². The van der Waals surface area contributed by atoms with Gasteiger partial charge in [0.25, 0.3) is 0 Å². The fourth-order valence-corrected chi connectivity index (χ4v) is 4.40. The van der Waals surface area contributed by atoms with Crippen molar-refractivity contribution in [3.8, 4) is 0 Å². The van der Waals surface area contributed by atoms with Crippen molar-refractivity contribution in [2.45, 2.75) is 11.8 Å². The van der Waals surface area contributed by atoms with Crippen molar-refractivity contribution >= 4 is 27.3 Å². The summed E-state index contributed by atoms with van der Waals surface area (Å²) in [5.74, 6) is 0.577. The van der Waals surface area contributed by atoms with E-state index < -0.39 is 10.0 Å². The summed E-state index contributed by atoms with van der Waals surface area (Å²) in [4.78, 5) is 15.7. The summed E-state index contributed by atoms with van der Waals surface area (Å²) in [6.07, 6.45) is 1.69. The third kappa shape index (κ3) is 4.09. The fourth-order valence-electron chi connectivity index (χ4n) is 2.93. The molecule has 0 atom stereocenters. The van der Waals surface area contributed by atoms with Gasteiger partial charge in [-0.1, -0.05) is 12.1 Å². The standard InChI is InChI=1S/C18H23N5O3S/c1-14(24)15-5-4-6-17(11-15)27(25,26)23-9-7-22(8-10-23)18-12-16(21(2)3)13-19-20-18/h4-6,11-13H,7-10H2,1-3H3. The number of carbonyl (C=O) groups excluding carboxylic acids is 1. The molecule has 1 aliphatic rings. The second kappa shape index (κ2) is 7.61. The molecule has 27 heavy (non-hydrogen) atoms. The maximum atomic E-state index is 12.9. The number of Topliss-reactive ketones (excluding diaryl/α,β-unsaturated/α-hetero) is 1. The van der Waals surface area contributed by atoms with E-state index in [2.05, 4.69) is 10.2 Å². The molecule has 2 heterocycles. The zero-order chi connectivity index (χ0) is 19.6. The van der Waals surface area contributed by atoms with Crippen molar-refractivity contribution in [3.63, 3.8) is 0 Å². The monoisotopic (exact) mass is 389 g/mol. The Morgan fingerprint density at radius 1 is 1.11 bits per heavy atom. The van der Waals surface area contributed by atoms with Gasteiger partial charge in [-0.15, -0.1) is 5.10 Å². The number of sulfonamides is 1. The second-order valence-corrected chi connectivity index (χ2v) is 8.58. The average molecular weight is 389 g/mol. The quantitative estimate of drug-likeness (QED) is 0.712. The first kappa shape index (κ1) is 19.2. The Labute approximate surface area is 159 Å². The van der Waals surface area contributed by atoms with Gasteiger partial charge in [0.2, 0.25) is 10.0 Å². The molecule has 8 nitrogen and oxygen atoms in total. The molecule has 0 radical (unpaired) electrons. The number of ketones is 1. The van der Waals surface area contributed by atoms with E-state index >= 15 is 0 Å². The highest BCUT2D eigenvalue weighted by atomic mass is 32.2. The van der Waals surface area contributed by atoms with Gasteiger partial charge in [-0.05, 0) is 19.1 Å². The van der Waals surface area contributed by atoms with Crippen LogP contribution in [0.5, 0.6) is 0 Å². The minimum atomic E-state index is -3.64. The van der Waals surface area contributed by atoms with Gasteiger partial charge >= 0.3 is 0 Å². The molecule has 144 valence electrons. The SMILES string of the molecule is CC(=O)c1cccc(S(=O)(=O)N2CCN(c3cc(N(C)C)cnn3)CC2)c1. The normalized spacial score (nSPS) is 15.6. The summed E-state index contributed by atoms with van der Waals surface area (Å²) in [6.45, 7) is 3.17. The van der Waals surface area contributed by atoms with Crippen molar-refractivity contribution in [2.75, 3.05) is 50.1 Å². The predicted octanol–water partition coefficient (Wildman–Crippen LogP) is 1.26. The van der Waals surface area contributed by atoms with Gasteiger partial charge in [-0.3, -0.25) is 4.79 Å². The van der Waals surface area contributed by atoms with Crippen molar-refractivity contribution in [3.05, 3.63) is 42.1 Å². The van der Waals surface area contributed by atoms with Gasteiger partial charge in [-0.2, -0.15) is 9.40 Å². The maximum Gasteiger partial charge on any atom is 0.243 e. The molecular weight excluding hydrogens is 366 g/mol. The molecule has 1 aromatic carbocycles. The van der Waals surface area contributed by atoms with Crippen LogP contribution >= 0.6 is 0 Å². The first-order valence-electron chi connectivity index (χ1n) is 8.65. The molecule has 1 aliphatic heterocycles. The lowest BCUT2D eigenvalue weighted by atomic mass is 10.2. The number of piperazine rings is 1. The number of hydrogen-bond donors (Lipinski definition) is 0. The van der Waals surface area contributed by atoms with Gasteiger partial charge in [0.15, 0.2) is 11.6 Å². The van der Waals surface area contributed by atoms with E-state index in [0.29, 0.717) is 31.7 Å². The van der Waals surface area contributed by atoms with E-state index in [1.54, 1.807) is 18.3 Å². The van der Waals surface area contributed by atoms with Crippen LogP contribution in [0.15, 0.2) is 41.4 Å². The topological polar surface area (TPSA) is 86.7 Å². The first-order valence-corrected chi connectivity index (χ1v) is 10.1. The van der Waals surface area contributed by atoms with Gasteiger partial charge in [0.05, 0.1) is 16.8 Å². The Bertz CT molecular complexity index is 938. The molecule has 0 spiro atoms. The highest BCUT2D eigenvalue weighted by molar-refractivity contribution is 7.89. The van der Waals surface area contributed by atoms with Crippen LogP contribution in [-0.4, -0.2) is 69.0 Å². The zero-order valence-corrected chi connectivity index (χ0v) is 16.5. The second-order valence-electron chi connectivity index (χ2n) is 6.64. The van der Waals surface area contributed by atoms with Crippen LogP contribution in [0, 0.1) is 0 Å².